The quantitative estimate of drug-likeness (QED) is 0.165. The second kappa shape index (κ2) is 14.3. The Labute approximate surface area is 325 Å². The molecule has 4 heteroatoms. The molecule has 0 saturated heterocycles. The van der Waals surface area contributed by atoms with E-state index in [4.69, 9.17) is 9.97 Å². The molecule has 0 unspecified atom stereocenters. The van der Waals surface area contributed by atoms with Crippen LogP contribution in [-0.4, -0.2) is 19.9 Å². The summed E-state index contributed by atoms with van der Waals surface area (Å²) in [7, 11) is 0. The Hall–Kier alpha value is -7.56. The van der Waals surface area contributed by atoms with E-state index in [1.54, 1.807) is 0 Å². The van der Waals surface area contributed by atoms with E-state index in [0.29, 0.717) is 5.82 Å². The van der Waals surface area contributed by atoms with Gasteiger partial charge in [0.1, 0.15) is 0 Å². The van der Waals surface area contributed by atoms with Gasteiger partial charge in [0.05, 0.1) is 22.4 Å². The fourth-order valence-electron chi connectivity index (χ4n) is 7.45. The lowest BCUT2D eigenvalue weighted by Crippen LogP contribution is -1.97. The van der Waals surface area contributed by atoms with Crippen molar-refractivity contribution in [2.45, 2.75) is 0 Å². The monoisotopic (exact) mass is 714 g/mol. The third kappa shape index (κ3) is 6.61. The number of hydrogen-bond acceptors (Lipinski definition) is 4. The number of fused-ring (bicyclic) bond motifs is 2. The average molecular weight is 715 g/mol. The fraction of sp³-hybridized carbons (Fsp3) is 0. The molecule has 10 rings (SSSR count). The van der Waals surface area contributed by atoms with Crippen molar-refractivity contribution in [2.24, 2.45) is 0 Å². The molecule has 0 aliphatic rings. The smallest absolute Gasteiger partial charge is 0.160 e. The Bertz CT molecular complexity index is 2830. The first-order chi connectivity index (χ1) is 27.7. The highest BCUT2D eigenvalue weighted by molar-refractivity contribution is 5.90. The van der Waals surface area contributed by atoms with Crippen LogP contribution < -0.4 is 0 Å². The highest BCUT2D eigenvalue weighted by Crippen LogP contribution is 2.37. The summed E-state index contributed by atoms with van der Waals surface area (Å²) in [6, 6.07) is 68.1. The molecule has 0 aliphatic carbocycles. The van der Waals surface area contributed by atoms with Crippen LogP contribution in [0.25, 0.3) is 100 Å². The van der Waals surface area contributed by atoms with Crippen LogP contribution in [0.15, 0.2) is 207 Å². The van der Waals surface area contributed by atoms with Crippen LogP contribution in [0.4, 0.5) is 0 Å². The average Bonchev–Trinajstić information content (AvgIpc) is 3.29. The minimum absolute atomic E-state index is 0.668. The summed E-state index contributed by atoms with van der Waals surface area (Å²) in [6.45, 7) is 0. The molecule has 4 nitrogen and oxygen atoms in total. The summed E-state index contributed by atoms with van der Waals surface area (Å²) in [5.41, 5.74) is 15.6. The second-order valence-corrected chi connectivity index (χ2v) is 14.0. The molecule has 262 valence electrons. The van der Waals surface area contributed by atoms with Gasteiger partial charge in [-0.3, -0.25) is 9.97 Å². The largest absolute Gasteiger partial charge is 0.256 e. The van der Waals surface area contributed by atoms with Crippen LogP contribution >= 0.6 is 0 Å². The van der Waals surface area contributed by atoms with Crippen molar-refractivity contribution in [3.8, 4) is 78.4 Å². The minimum Gasteiger partial charge on any atom is -0.256 e. The molecule has 0 N–H and O–H groups in total. The van der Waals surface area contributed by atoms with Crippen LogP contribution in [0.2, 0.25) is 0 Å². The molecular formula is C52H34N4. The molecule has 0 radical (unpaired) electrons. The zero-order valence-electron chi connectivity index (χ0n) is 30.4. The van der Waals surface area contributed by atoms with E-state index in [0.717, 1.165) is 94.4 Å². The van der Waals surface area contributed by atoms with Crippen LogP contribution in [-0.2, 0) is 0 Å². The predicted molar refractivity (Wildman–Crippen MR) is 231 cm³/mol. The Morgan fingerprint density at radius 2 is 0.679 bits per heavy atom. The van der Waals surface area contributed by atoms with Crippen LogP contribution in [0.1, 0.15) is 0 Å². The molecule has 3 aromatic heterocycles. The molecule has 0 fully saturated rings. The molecule has 0 amide bonds. The lowest BCUT2D eigenvalue weighted by molar-refractivity contribution is 1.18. The van der Waals surface area contributed by atoms with Gasteiger partial charge in [0.25, 0.3) is 0 Å². The van der Waals surface area contributed by atoms with Gasteiger partial charge in [-0.2, -0.15) is 0 Å². The Kier molecular flexibility index (Phi) is 8.47. The van der Waals surface area contributed by atoms with Crippen molar-refractivity contribution in [3.05, 3.63) is 207 Å². The van der Waals surface area contributed by atoms with Gasteiger partial charge >= 0.3 is 0 Å². The fourth-order valence-corrected chi connectivity index (χ4v) is 7.45. The number of aromatic nitrogens is 4. The highest BCUT2D eigenvalue weighted by Gasteiger charge is 2.15. The van der Waals surface area contributed by atoms with Crippen molar-refractivity contribution in [1.29, 1.82) is 0 Å². The Morgan fingerprint density at radius 1 is 0.250 bits per heavy atom. The molecule has 10 aromatic rings. The van der Waals surface area contributed by atoms with Gasteiger partial charge in [-0.1, -0.05) is 121 Å². The van der Waals surface area contributed by atoms with Crippen molar-refractivity contribution in [1.82, 2.24) is 19.9 Å². The molecule has 0 saturated carbocycles. The van der Waals surface area contributed by atoms with Crippen molar-refractivity contribution < 1.29 is 0 Å². The summed E-state index contributed by atoms with van der Waals surface area (Å²) < 4.78 is 0. The lowest BCUT2D eigenvalue weighted by atomic mass is 9.93. The van der Waals surface area contributed by atoms with Crippen LogP contribution in [0.3, 0.4) is 0 Å². The SMILES string of the molecule is c1ccc(-c2cccc(-c3cc(-c4cc(-c5ccc6ncccc6c5)cc(-c5ccc6ncccc6c5)c4)nc(-c4cccc(-c5ccccc5)c4)n3)c2)cc1. The van der Waals surface area contributed by atoms with Crippen molar-refractivity contribution in [3.63, 3.8) is 0 Å². The highest BCUT2D eigenvalue weighted by atomic mass is 14.9. The molecule has 56 heavy (non-hydrogen) atoms. The zero-order chi connectivity index (χ0) is 37.3. The number of nitrogens with zero attached hydrogens (tertiary/aromatic N) is 4. The number of pyridine rings is 2. The zero-order valence-corrected chi connectivity index (χ0v) is 30.4. The first kappa shape index (κ1) is 33.0. The summed E-state index contributed by atoms with van der Waals surface area (Å²) >= 11 is 0. The summed E-state index contributed by atoms with van der Waals surface area (Å²) in [4.78, 5) is 19.8. The normalized spacial score (nSPS) is 11.2. The van der Waals surface area contributed by atoms with Crippen LogP contribution in [0.5, 0.6) is 0 Å². The summed E-state index contributed by atoms with van der Waals surface area (Å²) in [6.07, 6.45) is 3.68. The van der Waals surface area contributed by atoms with Crippen molar-refractivity contribution in [2.75, 3.05) is 0 Å². The van der Waals surface area contributed by atoms with E-state index in [-0.39, 0.29) is 0 Å². The molecule has 0 atom stereocenters. The van der Waals surface area contributed by atoms with Gasteiger partial charge in [0.2, 0.25) is 0 Å². The van der Waals surface area contributed by atoms with Gasteiger partial charge in [-0.05, 0) is 117 Å². The van der Waals surface area contributed by atoms with Gasteiger partial charge in [0.15, 0.2) is 5.82 Å². The maximum absolute atomic E-state index is 5.35. The van der Waals surface area contributed by atoms with E-state index >= 15 is 0 Å². The minimum atomic E-state index is 0.668. The summed E-state index contributed by atoms with van der Waals surface area (Å²) in [5.74, 6) is 0.668. The summed E-state index contributed by atoms with van der Waals surface area (Å²) in [5, 5.41) is 2.19. The number of rotatable bonds is 7. The number of benzene rings is 7. The third-order valence-corrected chi connectivity index (χ3v) is 10.3. The van der Waals surface area contributed by atoms with E-state index in [2.05, 4.69) is 180 Å². The van der Waals surface area contributed by atoms with E-state index in [1.165, 1.54) is 0 Å². The van der Waals surface area contributed by atoms with E-state index in [1.807, 2.05) is 36.7 Å². The third-order valence-electron chi connectivity index (χ3n) is 10.3. The van der Waals surface area contributed by atoms with Gasteiger partial charge in [-0.25, -0.2) is 9.97 Å². The second-order valence-electron chi connectivity index (χ2n) is 14.0. The maximum Gasteiger partial charge on any atom is 0.160 e. The van der Waals surface area contributed by atoms with Crippen LogP contribution in [0, 0.1) is 0 Å². The lowest BCUT2D eigenvalue weighted by Gasteiger charge is -2.14. The molecular weight excluding hydrogens is 681 g/mol. The predicted octanol–water partition coefficient (Wildman–Crippen LogP) is 13.2. The van der Waals surface area contributed by atoms with Gasteiger partial charge in [-0.15, -0.1) is 0 Å². The molecule has 7 aromatic carbocycles. The van der Waals surface area contributed by atoms with Crippen molar-refractivity contribution >= 4 is 21.8 Å². The topological polar surface area (TPSA) is 51.6 Å². The maximum atomic E-state index is 5.35. The van der Waals surface area contributed by atoms with E-state index in [9.17, 15) is 0 Å². The molecule has 3 heterocycles. The molecule has 0 spiro atoms. The van der Waals surface area contributed by atoms with Gasteiger partial charge < -0.3 is 0 Å². The van der Waals surface area contributed by atoms with E-state index < -0.39 is 0 Å². The Morgan fingerprint density at radius 3 is 1.25 bits per heavy atom. The standard InChI is InChI=1S/C52H34N4/c1-3-11-35(12-4-1)37-15-7-17-43(27-37)50-34-51(56-52(55-50)44-18-8-16-38(30-44)36-13-5-2-6-14-36)47-32-45(39-21-23-48-41(28-39)19-9-25-53-48)31-46(33-47)40-22-24-49-42(29-40)20-10-26-54-49/h1-34H. The Balaban J connectivity index is 1.19. The van der Waals surface area contributed by atoms with Gasteiger partial charge in [0, 0.05) is 39.9 Å². The first-order valence-electron chi connectivity index (χ1n) is 18.8. The molecule has 0 bridgehead atoms. The first-order valence-corrected chi connectivity index (χ1v) is 18.8. The number of hydrogen-bond donors (Lipinski definition) is 0. The molecule has 0 aliphatic heterocycles.